The van der Waals surface area contributed by atoms with Crippen LogP contribution in [0.2, 0.25) is 0 Å². The van der Waals surface area contributed by atoms with Crippen LogP contribution in [-0.2, 0) is 12.4 Å². The zero-order valence-electron chi connectivity index (χ0n) is 27.7. The van der Waals surface area contributed by atoms with Crippen molar-refractivity contribution in [2.45, 2.75) is 12.4 Å². The van der Waals surface area contributed by atoms with E-state index in [1.807, 2.05) is 60.7 Å². The molecule has 0 unspecified atom stereocenters. The highest BCUT2D eigenvalue weighted by molar-refractivity contribution is 5.85. The summed E-state index contributed by atoms with van der Waals surface area (Å²) in [6, 6.07) is 29.8. The Morgan fingerprint density at radius 2 is 1.11 bits per heavy atom. The first-order valence-corrected chi connectivity index (χ1v) is 16.1. The van der Waals surface area contributed by atoms with E-state index in [9.17, 15) is 26.3 Å². The largest absolute Gasteiger partial charge is 0.417 e. The SMILES string of the molecule is FC(F)(F)c1ccc(Nc2cc(-c3ccc4cccnc4c3)cnn2)cc1.FC(F)(F)c1ccc(Nc2cc(-c3ccc4cccnc4c3)ncn2)nc1. The van der Waals surface area contributed by atoms with Gasteiger partial charge in [-0.1, -0.05) is 36.4 Å². The van der Waals surface area contributed by atoms with Crippen molar-refractivity contribution in [3.8, 4) is 22.4 Å². The molecule has 0 bridgehead atoms. The molecule has 0 saturated heterocycles. The van der Waals surface area contributed by atoms with Crippen molar-refractivity contribution >= 4 is 44.9 Å². The lowest BCUT2D eigenvalue weighted by molar-refractivity contribution is -0.138. The number of pyridine rings is 3. The van der Waals surface area contributed by atoms with E-state index in [2.05, 4.69) is 45.8 Å². The maximum atomic E-state index is 12.7. The van der Waals surface area contributed by atoms with Crippen LogP contribution in [0.5, 0.6) is 0 Å². The van der Waals surface area contributed by atoms with Crippen molar-refractivity contribution < 1.29 is 26.3 Å². The van der Waals surface area contributed by atoms with Gasteiger partial charge in [0.05, 0.1) is 34.1 Å². The highest BCUT2D eigenvalue weighted by Gasteiger charge is 2.31. The Bertz CT molecular complexity index is 2360. The zero-order chi connectivity index (χ0) is 37.7. The van der Waals surface area contributed by atoms with E-state index >= 15 is 0 Å². The van der Waals surface area contributed by atoms with Crippen LogP contribution in [0.4, 0.5) is 49.5 Å². The Labute approximate surface area is 302 Å². The smallest absolute Gasteiger partial charge is 0.339 e. The molecule has 2 N–H and O–H groups in total. The highest BCUT2D eigenvalue weighted by Crippen LogP contribution is 2.32. The predicted octanol–water partition coefficient (Wildman–Crippen LogP) is 10.3. The van der Waals surface area contributed by atoms with Gasteiger partial charge in [0, 0.05) is 52.2 Å². The number of hydrogen-bond donors (Lipinski definition) is 2. The summed E-state index contributed by atoms with van der Waals surface area (Å²) >= 11 is 0. The lowest BCUT2D eigenvalue weighted by atomic mass is 10.1. The summed E-state index contributed by atoms with van der Waals surface area (Å²) in [5.74, 6) is 1.12. The Kier molecular flexibility index (Phi) is 9.77. The van der Waals surface area contributed by atoms with Crippen molar-refractivity contribution in [1.29, 1.82) is 0 Å². The number of hydrogen-bond acceptors (Lipinski definition) is 9. The molecule has 0 fully saturated rings. The quantitative estimate of drug-likeness (QED) is 0.161. The van der Waals surface area contributed by atoms with Gasteiger partial charge in [0.1, 0.15) is 18.0 Å². The van der Waals surface area contributed by atoms with Crippen LogP contribution < -0.4 is 10.6 Å². The molecule has 0 aliphatic carbocycles. The number of halogens is 6. The average molecular weight is 734 g/mol. The minimum Gasteiger partial charge on any atom is -0.339 e. The Morgan fingerprint density at radius 3 is 1.76 bits per heavy atom. The molecule has 0 spiro atoms. The number of rotatable bonds is 6. The molecule has 3 aromatic carbocycles. The van der Waals surface area contributed by atoms with Crippen molar-refractivity contribution in [3.63, 3.8) is 0 Å². The highest BCUT2D eigenvalue weighted by atomic mass is 19.4. The van der Waals surface area contributed by atoms with Gasteiger partial charge in [0.15, 0.2) is 5.82 Å². The summed E-state index contributed by atoms with van der Waals surface area (Å²) in [5, 5.41) is 15.9. The molecule has 0 saturated carbocycles. The third-order valence-corrected chi connectivity index (χ3v) is 7.99. The molecule has 268 valence electrons. The van der Waals surface area contributed by atoms with Crippen LogP contribution in [0, 0.1) is 0 Å². The fraction of sp³-hybridized carbons (Fsp3) is 0.0513. The topological polar surface area (TPSA) is 114 Å². The molecule has 9 nitrogen and oxygen atoms in total. The van der Waals surface area contributed by atoms with Crippen LogP contribution >= 0.6 is 0 Å². The standard InChI is InChI=1S/C20H13F3N4.C19H12F3N5/c21-20(22,23)16-5-7-17(8-6-16)26-19-11-15(12-25-27-19)14-4-3-13-2-1-9-24-18(13)10-14;20-19(21,22)14-5-6-17(24-10-14)27-18-9-16(25-11-26-18)13-4-3-12-2-1-7-23-15(12)8-13/h1-12H,(H,26,27);1-11H,(H,24,25,26,27). The number of anilines is 4. The maximum Gasteiger partial charge on any atom is 0.417 e. The van der Waals surface area contributed by atoms with Gasteiger partial charge >= 0.3 is 12.4 Å². The summed E-state index contributed by atoms with van der Waals surface area (Å²) in [6.45, 7) is 0. The van der Waals surface area contributed by atoms with Gasteiger partial charge < -0.3 is 10.6 Å². The Hall–Kier alpha value is -7.03. The van der Waals surface area contributed by atoms with Crippen LogP contribution in [-0.4, -0.2) is 35.1 Å². The van der Waals surface area contributed by atoms with E-state index in [-0.39, 0.29) is 5.82 Å². The van der Waals surface area contributed by atoms with Gasteiger partial charge in [-0.3, -0.25) is 9.97 Å². The van der Waals surface area contributed by atoms with E-state index < -0.39 is 23.5 Å². The number of alkyl halides is 6. The fourth-order valence-electron chi connectivity index (χ4n) is 5.30. The Balaban J connectivity index is 0.000000167. The second-order valence-corrected chi connectivity index (χ2v) is 11.7. The molecular weight excluding hydrogens is 708 g/mol. The first-order chi connectivity index (χ1) is 26.0. The molecule has 15 heteroatoms. The van der Waals surface area contributed by atoms with Gasteiger partial charge in [0.2, 0.25) is 0 Å². The lowest BCUT2D eigenvalue weighted by Crippen LogP contribution is -2.06. The molecular formula is C39H25F6N9. The average Bonchev–Trinajstić information content (AvgIpc) is 3.18. The van der Waals surface area contributed by atoms with Crippen LogP contribution in [0.15, 0.2) is 140 Å². The third-order valence-electron chi connectivity index (χ3n) is 7.99. The number of fused-ring (bicyclic) bond motifs is 2. The molecule has 5 aromatic heterocycles. The van der Waals surface area contributed by atoms with Crippen molar-refractivity contribution in [3.05, 3.63) is 151 Å². The zero-order valence-corrected chi connectivity index (χ0v) is 27.7. The van der Waals surface area contributed by atoms with Gasteiger partial charge in [-0.05, 0) is 72.3 Å². The van der Waals surface area contributed by atoms with Gasteiger partial charge in [0.25, 0.3) is 0 Å². The van der Waals surface area contributed by atoms with E-state index in [0.29, 0.717) is 23.0 Å². The molecule has 8 rings (SSSR count). The molecule has 0 amide bonds. The molecule has 0 aliphatic rings. The normalized spacial score (nSPS) is 11.5. The molecule has 0 aliphatic heterocycles. The fourth-order valence-corrected chi connectivity index (χ4v) is 5.30. The van der Waals surface area contributed by atoms with Crippen LogP contribution in [0.3, 0.4) is 0 Å². The van der Waals surface area contributed by atoms with Crippen molar-refractivity contribution in [2.24, 2.45) is 0 Å². The number of benzene rings is 3. The molecule has 5 heterocycles. The van der Waals surface area contributed by atoms with E-state index in [4.69, 9.17) is 0 Å². The molecule has 0 atom stereocenters. The molecule has 0 radical (unpaired) electrons. The van der Waals surface area contributed by atoms with Crippen molar-refractivity contribution in [1.82, 2.24) is 35.1 Å². The summed E-state index contributed by atoms with van der Waals surface area (Å²) in [7, 11) is 0. The van der Waals surface area contributed by atoms with Gasteiger partial charge in [-0.25, -0.2) is 15.0 Å². The maximum absolute atomic E-state index is 12.7. The second-order valence-electron chi connectivity index (χ2n) is 11.7. The monoisotopic (exact) mass is 733 g/mol. The molecule has 54 heavy (non-hydrogen) atoms. The summed E-state index contributed by atoms with van der Waals surface area (Å²) in [6.07, 6.45) is -1.55. The lowest BCUT2D eigenvalue weighted by Gasteiger charge is -2.10. The summed E-state index contributed by atoms with van der Waals surface area (Å²) in [4.78, 5) is 20.8. The number of nitrogens with zero attached hydrogens (tertiary/aromatic N) is 7. The third kappa shape index (κ3) is 8.53. The summed E-state index contributed by atoms with van der Waals surface area (Å²) < 4.78 is 75.8. The van der Waals surface area contributed by atoms with E-state index in [1.165, 1.54) is 24.5 Å². The number of aromatic nitrogens is 7. The first-order valence-electron chi connectivity index (χ1n) is 16.1. The minimum atomic E-state index is -4.42. The number of nitrogens with one attached hydrogen (secondary N) is 2. The van der Waals surface area contributed by atoms with Gasteiger partial charge in [-0.2, -0.15) is 31.4 Å². The molecule has 8 aromatic rings. The second kappa shape index (κ2) is 14.9. The van der Waals surface area contributed by atoms with E-state index in [0.717, 1.165) is 62.9 Å². The summed E-state index contributed by atoms with van der Waals surface area (Å²) in [5.41, 5.74) is 3.96. The van der Waals surface area contributed by atoms with Gasteiger partial charge in [-0.15, -0.1) is 5.10 Å². The predicted molar refractivity (Wildman–Crippen MR) is 193 cm³/mol. The Morgan fingerprint density at radius 1 is 0.463 bits per heavy atom. The van der Waals surface area contributed by atoms with Crippen LogP contribution in [0.1, 0.15) is 11.1 Å². The van der Waals surface area contributed by atoms with E-state index in [1.54, 1.807) is 30.7 Å². The first kappa shape index (κ1) is 35.4. The minimum absolute atomic E-state index is 0.257. The van der Waals surface area contributed by atoms with Crippen molar-refractivity contribution in [2.75, 3.05) is 10.6 Å². The van der Waals surface area contributed by atoms with Crippen LogP contribution in [0.25, 0.3) is 44.2 Å².